The number of carbonyl (C=O) groups excluding carboxylic acids is 1. The van der Waals surface area contributed by atoms with Crippen molar-refractivity contribution in [2.45, 2.75) is 39.3 Å². The average molecular weight is 416 g/mol. The summed E-state index contributed by atoms with van der Waals surface area (Å²) in [6, 6.07) is 5.72. The molecule has 1 aliphatic heterocycles. The van der Waals surface area contributed by atoms with E-state index in [1.165, 1.54) is 0 Å². The Hall–Kier alpha value is -2.38. The van der Waals surface area contributed by atoms with Gasteiger partial charge in [0.25, 0.3) is 0 Å². The second kappa shape index (κ2) is 7.80. The molecule has 1 saturated heterocycles. The number of hydrogen-bond donors (Lipinski definition) is 0. The van der Waals surface area contributed by atoms with E-state index in [-0.39, 0.29) is 18.2 Å². The Balaban J connectivity index is 1.71. The number of ketones is 1. The van der Waals surface area contributed by atoms with E-state index in [2.05, 4.69) is 15.1 Å². The third-order valence-electron chi connectivity index (χ3n) is 5.44. The number of aryl methyl sites for hydroxylation is 2. The lowest BCUT2D eigenvalue weighted by Gasteiger charge is -2.35. The Bertz CT molecular complexity index is 1060. The van der Waals surface area contributed by atoms with Crippen molar-refractivity contribution in [3.8, 4) is 5.82 Å². The number of halogens is 2. The SMILES string of the molecule is CC(=O)CN1CC[C@H](c2cc3c(cnn3-c3cc(Cl)nc(C)n3)cc2C)[C@H](F)C1. The molecule has 3 heterocycles. The second-order valence-electron chi connectivity index (χ2n) is 7.77. The molecule has 2 aromatic heterocycles. The molecule has 0 unspecified atom stereocenters. The van der Waals surface area contributed by atoms with Gasteiger partial charge in [-0.05, 0) is 57.0 Å². The summed E-state index contributed by atoms with van der Waals surface area (Å²) in [5.41, 5.74) is 2.88. The zero-order valence-electron chi connectivity index (χ0n) is 16.7. The first-order chi connectivity index (χ1) is 13.8. The molecule has 6 nitrogen and oxygen atoms in total. The minimum Gasteiger partial charge on any atom is -0.299 e. The number of nitrogens with zero attached hydrogens (tertiary/aromatic N) is 5. The molecule has 4 rings (SSSR count). The van der Waals surface area contributed by atoms with Crippen molar-refractivity contribution in [2.24, 2.45) is 0 Å². The van der Waals surface area contributed by atoms with Gasteiger partial charge in [-0.3, -0.25) is 9.69 Å². The molecule has 0 amide bonds. The Morgan fingerprint density at radius 2 is 2.07 bits per heavy atom. The fourth-order valence-corrected chi connectivity index (χ4v) is 4.41. The maximum absolute atomic E-state index is 15.1. The molecule has 1 fully saturated rings. The van der Waals surface area contributed by atoms with Crippen molar-refractivity contribution in [1.29, 1.82) is 0 Å². The molecule has 0 saturated carbocycles. The predicted molar refractivity (Wildman–Crippen MR) is 111 cm³/mol. The van der Waals surface area contributed by atoms with Gasteiger partial charge in [-0.2, -0.15) is 5.10 Å². The number of aromatic nitrogens is 4. The van der Waals surface area contributed by atoms with E-state index in [0.29, 0.717) is 36.3 Å². The smallest absolute Gasteiger partial charge is 0.159 e. The van der Waals surface area contributed by atoms with Crippen LogP contribution in [0, 0.1) is 13.8 Å². The summed E-state index contributed by atoms with van der Waals surface area (Å²) in [4.78, 5) is 21.8. The predicted octanol–water partition coefficient (Wildman–Crippen LogP) is 3.80. The van der Waals surface area contributed by atoms with Gasteiger partial charge >= 0.3 is 0 Å². The molecule has 0 radical (unpaired) electrons. The van der Waals surface area contributed by atoms with Gasteiger partial charge in [0.05, 0.1) is 18.3 Å². The number of rotatable bonds is 4. The number of hydrogen-bond acceptors (Lipinski definition) is 5. The van der Waals surface area contributed by atoms with Crippen LogP contribution in [-0.2, 0) is 4.79 Å². The van der Waals surface area contributed by atoms with E-state index in [1.54, 1.807) is 30.8 Å². The molecule has 3 aromatic rings. The van der Waals surface area contributed by atoms with Crippen LogP contribution in [0.4, 0.5) is 4.39 Å². The fraction of sp³-hybridized carbons (Fsp3) is 0.429. The number of piperidine rings is 1. The van der Waals surface area contributed by atoms with Gasteiger partial charge in [0.1, 0.15) is 22.9 Å². The van der Waals surface area contributed by atoms with Crippen LogP contribution < -0.4 is 0 Å². The highest BCUT2D eigenvalue weighted by Gasteiger charge is 2.32. The molecule has 0 bridgehead atoms. The number of carbonyl (C=O) groups is 1. The van der Waals surface area contributed by atoms with E-state index in [1.807, 2.05) is 24.0 Å². The van der Waals surface area contributed by atoms with Gasteiger partial charge in [-0.25, -0.2) is 19.0 Å². The molecular formula is C21H23ClFN5O. The van der Waals surface area contributed by atoms with E-state index < -0.39 is 6.17 Å². The molecule has 2 atom stereocenters. The van der Waals surface area contributed by atoms with Crippen molar-refractivity contribution in [3.63, 3.8) is 0 Å². The van der Waals surface area contributed by atoms with Gasteiger partial charge in [0.15, 0.2) is 5.82 Å². The van der Waals surface area contributed by atoms with Crippen molar-refractivity contribution < 1.29 is 9.18 Å². The first-order valence-corrected chi connectivity index (χ1v) is 10.1. The summed E-state index contributed by atoms with van der Waals surface area (Å²) in [5.74, 6) is 1.00. The maximum atomic E-state index is 15.1. The quantitative estimate of drug-likeness (QED) is 0.606. The Morgan fingerprint density at radius 1 is 1.28 bits per heavy atom. The van der Waals surface area contributed by atoms with Gasteiger partial charge < -0.3 is 0 Å². The molecule has 0 aliphatic carbocycles. The highest BCUT2D eigenvalue weighted by molar-refractivity contribution is 6.29. The second-order valence-corrected chi connectivity index (χ2v) is 8.16. The number of alkyl halides is 1. The lowest BCUT2D eigenvalue weighted by atomic mass is 9.85. The summed E-state index contributed by atoms with van der Waals surface area (Å²) >= 11 is 6.09. The van der Waals surface area contributed by atoms with Crippen LogP contribution >= 0.6 is 11.6 Å². The topological polar surface area (TPSA) is 63.9 Å². The minimum atomic E-state index is -1.02. The van der Waals surface area contributed by atoms with Gasteiger partial charge in [-0.1, -0.05) is 11.6 Å². The summed E-state index contributed by atoms with van der Waals surface area (Å²) in [6.45, 7) is 6.63. The van der Waals surface area contributed by atoms with E-state index >= 15 is 4.39 Å². The number of Topliss-reactive ketones (excluding diaryl/α,β-unsaturated/α-hetero) is 1. The van der Waals surface area contributed by atoms with Crippen LogP contribution in [0.1, 0.15) is 36.2 Å². The van der Waals surface area contributed by atoms with Crippen molar-refractivity contribution in [2.75, 3.05) is 19.6 Å². The Morgan fingerprint density at radius 3 is 2.76 bits per heavy atom. The van der Waals surface area contributed by atoms with E-state index in [4.69, 9.17) is 11.6 Å². The van der Waals surface area contributed by atoms with Crippen molar-refractivity contribution in [3.05, 3.63) is 46.5 Å². The zero-order chi connectivity index (χ0) is 20.7. The third-order valence-corrected chi connectivity index (χ3v) is 5.63. The lowest BCUT2D eigenvalue weighted by Crippen LogP contribution is -2.42. The van der Waals surface area contributed by atoms with E-state index in [9.17, 15) is 4.79 Å². The van der Waals surface area contributed by atoms with Crippen molar-refractivity contribution in [1.82, 2.24) is 24.6 Å². The number of fused-ring (bicyclic) bond motifs is 1. The van der Waals surface area contributed by atoms with E-state index in [0.717, 1.165) is 22.0 Å². The van der Waals surface area contributed by atoms with Gasteiger partial charge in [0.2, 0.25) is 0 Å². The molecule has 8 heteroatoms. The first kappa shape index (κ1) is 19.9. The number of benzene rings is 1. The van der Waals surface area contributed by atoms with Crippen LogP contribution in [-0.4, -0.2) is 56.2 Å². The molecule has 0 spiro atoms. The standard InChI is InChI=1S/C21H23ClFN5O/c1-12-6-15-9-24-28(21-8-20(22)25-14(3)26-21)19(15)7-17(12)16-4-5-27(10-13(2)29)11-18(16)23/h6-9,16,18H,4-5,10-11H2,1-3H3/t16-,18-/m1/s1. The van der Waals surface area contributed by atoms with Crippen LogP contribution in [0.3, 0.4) is 0 Å². The Labute approximate surface area is 173 Å². The normalized spacial score (nSPS) is 20.3. The van der Waals surface area contributed by atoms with Crippen LogP contribution in [0.2, 0.25) is 5.15 Å². The van der Waals surface area contributed by atoms with Crippen LogP contribution in [0.5, 0.6) is 0 Å². The third kappa shape index (κ3) is 4.02. The highest BCUT2D eigenvalue weighted by Crippen LogP contribution is 2.35. The molecule has 1 aliphatic rings. The molecule has 29 heavy (non-hydrogen) atoms. The molecular weight excluding hydrogens is 393 g/mol. The van der Waals surface area contributed by atoms with Crippen LogP contribution in [0.15, 0.2) is 24.4 Å². The fourth-order valence-electron chi connectivity index (χ4n) is 4.19. The zero-order valence-corrected chi connectivity index (χ0v) is 17.4. The maximum Gasteiger partial charge on any atom is 0.159 e. The molecule has 152 valence electrons. The number of likely N-dealkylation sites (tertiary alicyclic amines) is 1. The summed E-state index contributed by atoms with van der Waals surface area (Å²) in [6.07, 6.45) is 1.43. The minimum absolute atomic E-state index is 0.0657. The van der Waals surface area contributed by atoms with Gasteiger partial charge in [0, 0.05) is 23.9 Å². The Kier molecular flexibility index (Phi) is 5.36. The monoisotopic (exact) mass is 415 g/mol. The lowest BCUT2D eigenvalue weighted by molar-refractivity contribution is -0.118. The summed E-state index contributed by atoms with van der Waals surface area (Å²) in [7, 11) is 0. The highest BCUT2D eigenvalue weighted by atomic mass is 35.5. The summed E-state index contributed by atoms with van der Waals surface area (Å²) in [5, 5.41) is 5.78. The van der Waals surface area contributed by atoms with Crippen LogP contribution in [0.25, 0.3) is 16.7 Å². The molecule has 0 N–H and O–H groups in total. The average Bonchev–Trinajstić information content (AvgIpc) is 3.03. The van der Waals surface area contributed by atoms with Gasteiger partial charge in [-0.15, -0.1) is 0 Å². The largest absolute Gasteiger partial charge is 0.299 e. The van der Waals surface area contributed by atoms with Crippen molar-refractivity contribution >= 4 is 28.3 Å². The molecule has 1 aromatic carbocycles. The first-order valence-electron chi connectivity index (χ1n) is 9.67. The summed E-state index contributed by atoms with van der Waals surface area (Å²) < 4.78 is 16.8.